The minimum atomic E-state index is 0.0251. The summed E-state index contributed by atoms with van der Waals surface area (Å²) in [6, 6.07) is 0.233. The lowest BCUT2D eigenvalue weighted by atomic mass is 10.1. The van der Waals surface area contributed by atoms with Crippen LogP contribution >= 0.6 is 0 Å². The summed E-state index contributed by atoms with van der Waals surface area (Å²) in [7, 11) is 0. The number of amidine groups is 1. The number of hydrogen-bond donors (Lipinski definition) is 3. The Labute approximate surface area is 96.9 Å². The van der Waals surface area contributed by atoms with E-state index in [1.54, 1.807) is 0 Å². The largest absolute Gasteiger partial charge is 0.409 e. The molecule has 4 N–H and O–H groups in total. The average Bonchev–Trinajstić information content (AvgIpc) is 2.52. The summed E-state index contributed by atoms with van der Waals surface area (Å²) in [6.45, 7) is 3.88. The maximum Gasteiger partial charge on any atom is 0.143 e. The Morgan fingerprint density at radius 1 is 1.50 bits per heavy atom. The van der Waals surface area contributed by atoms with Crippen molar-refractivity contribution in [2.24, 2.45) is 16.8 Å². The number of rotatable bonds is 4. The summed E-state index contributed by atoms with van der Waals surface area (Å²) >= 11 is 0. The molecule has 1 aliphatic heterocycles. The van der Waals surface area contributed by atoms with E-state index in [-0.39, 0.29) is 24.4 Å². The van der Waals surface area contributed by atoms with E-state index >= 15 is 0 Å². The molecule has 1 rings (SSSR count). The lowest BCUT2D eigenvalue weighted by Crippen LogP contribution is -2.42. The van der Waals surface area contributed by atoms with Crippen molar-refractivity contribution >= 4 is 5.84 Å². The number of likely N-dealkylation sites (tertiary alicyclic amines) is 1. The van der Waals surface area contributed by atoms with Crippen LogP contribution in [0, 0.1) is 5.92 Å². The molecule has 0 radical (unpaired) electrons. The normalized spacial score (nSPS) is 26.4. The van der Waals surface area contributed by atoms with Gasteiger partial charge in [-0.25, -0.2) is 0 Å². The van der Waals surface area contributed by atoms with Crippen LogP contribution in [0.4, 0.5) is 0 Å². The standard InChI is InChI=1S/C11H23N3O2/c1-9(11(12)13-16)7-14-6-4-2-3-5-10(14)8-15/h9-10,15-16H,2-8H2,1H3,(H2,12,13). The van der Waals surface area contributed by atoms with Crippen molar-refractivity contribution in [1.82, 2.24) is 4.90 Å². The molecule has 0 aliphatic carbocycles. The SMILES string of the molecule is CC(CN1CCCCCC1CO)C(N)=NO. The number of aliphatic hydroxyl groups is 1. The molecule has 1 aliphatic rings. The van der Waals surface area contributed by atoms with Gasteiger partial charge in [-0.1, -0.05) is 24.9 Å². The minimum Gasteiger partial charge on any atom is -0.409 e. The monoisotopic (exact) mass is 229 g/mol. The van der Waals surface area contributed by atoms with Crippen molar-refractivity contribution in [3.8, 4) is 0 Å². The zero-order valence-corrected chi connectivity index (χ0v) is 9.97. The topological polar surface area (TPSA) is 82.1 Å². The Hall–Kier alpha value is -0.810. The van der Waals surface area contributed by atoms with Gasteiger partial charge in [0.2, 0.25) is 0 Å². The van der Waals surface area contributed by atoms with Crippen molar-refractivity contribution in [2.75, 3.05) is 19.7 Å². The quantitative estimate of drug-likeness (QED) is 0.285. The molecular weight excluding hydrogens is 206 g/mol. The van der Waals surface area contributed by atoms with E-state index in [0.29, 0.717) is 0 Å². The molecule has 0 aromatic rings. The van der Waals surface area contributed by atoms with Crippen LogP contribution in [0.5, 0.6) is 0 Å². The number of oxime groups is 1. The summed E-state index contributed by atoms with van der Waals surface area (Å²) in [4.78, 5) is 2.26. The highest BCUT2D eigenvalue weighted by Crippen LogP contribution is 2.17. The molecule has 0 bridgehead atoms. The number of nitrogens with two attached hydrogens (primary N) is 1. The predicted molar refractivity (Wildman–Crippen MR) is 63.5 cm³/mol. The zero-order chi connectivity index (χ0) is 12.0. The number of aliphatic hydroxyl groups excluding tert-OH is 1. The molecule has 1 heterocycles. The lowest BCUT2D eigenvalue weighted by Gasteiger charge is -2.30. The van der Waals surface area contributed by atoms with E-state index in [9.17, 15) is 5.11 Å². The van der Waals surface area contributed by atoms with E-state index < -0.39 is 0 Å². The first-order chi connectivity index (χ1) is 7.69. The van der Waals surface area contributed by atoms with Gasteiger partial charge in [0, 0.05) is 18.5 Å². The maximum atomic E-state index is 9.34. The summed E-state index contributed by atoms with van der Waals surface area (Å²) < 4.78 is 0. The first kappa shape index (κ1) is 13.3. The van der Waals surface area contributed by atoms with E-state index in [1.807, 2.05) is 6.92 Å². The van der Waals surface area contributed by atoms with Crippen LogP contribution in [0.15, 0.2) is 5.16 Å². The molecule has 94 valence electrons. The third-order valence-electron chi connectivity index (χ3n) is 3.34. The van der Waals surface area contributed by atoms with E-state index in [2.05, 4.69) is 10.1 Å². The Bertz CT molecular complexity index is 233. The van der Waals surface area contributed by atoms with Crippen LogP contribution in [-0.4, -0.2) is 46.8 Å². The first-order valence-corrected chi connectivity index (χ1v) is 6.01. The third kappa shape index (κ3) is 3.64. The third-order valence-corrected chi connectivity index (χ3v) is 3.34. The molecule has 2 atom stereocenters. The smallest absolute Gasteiger partial charge is 0.143 e. The maximum absolute atomic E-state index is 9.34. The molecule has 2 unspecified atom stereocenters. The van der Waals surface area contributed by atoms with Crippen molar-refractivity contribution < 1.29 is 10.3 Å². The fourth-order valence-corrected chi connectivity index (χ4v) is 2.23. The van der Waals surface area contributed by atoms with Crippen molar-refractivity contribution in [3.05, 3.63) is 0 Å². The summed E-state index contributed by atoms with van der Waals surface area (Å²) in [6.07, 6.45) is 4.61. The van der Waals surface area contributed by atoms with Crippen LogP contribution in [0.25, 0.3) is 0 Å². The van der Waals surface area contributed by atoms with Crippen molar-refractivity contribution in [1.29, 1.82) is 0 Å². The van der Waals surface area contributed by atoms with Gasteiger partial charge >= 0.3 is 0 Å². The van der Waals surface area contributed by atoms with Crippen LogP contribution in [0.3, 0.4) is 0 Å². The molecule has 0 spiro atoms. The van der Waals surface area contributed by atoms with Crippen LogP contribution in [0.1, 0.15) is 32.6 Å². The average molecular weight is 229 g/mol. The second kappa shape index (κ2) is 6.70. The van der Waals surface area contributed by atoms with Gasteiger partial charge in [-0.3, -0.25) is 4.90 Å². The summed E-state index contributed by atoms with van der Waals surface area (Å²) in [5, 5.41) is 21.0. The molecule has 5 heteroatoms. The van der Waals surface area contributed by atoms with E-state index in [4.69, 9.17) is 10.9 Å². The molecular formula is C11H23N3O2. The Balaban J connectivity index is 2.54. The second-order valence-corrected chi connectivity index (χ2v) is 4.61. The molecule has 0 aromatic carbocycles. The van der Waals surface area contributed by atoms with Crippen LogP contribution in [-0.2, 0) is 0 Å². The van der Waals surface area contributed by atoms with Gasteiger partial charge in [-0.2, -0.15) is 0 Å². The molecule has 0 saturated carbocycles. The highest BCUT2D eigenvalue weighted by molar-refractivity contribution is 5.82. The van der Waals surface area contributed by atoms with Crippen molar-refractivity contribution in [3.63, 3.8) is 0 Å². The predicted octanol–water partition coefficient (Wildman–Crippen LogP) is 0.606. The van der Waals surface area contributed by atoms with Crippen LogP contribution in [0.2, 0.25) is 0 Å². The number of hydrogen-bond acceptors (Lipinski definition) is 4. The van der Waals surface area contributed by atoms with Gasteiger partial charge < -0.3 is 16.0 Å². The Morgan fingerprint density at radius 3 is 2.88 bits per heavy atom. The minimum absolute atomic E-state index is 0.0251. The molecule has 0 amide bonds. The van der Waals surface area contributed by atoms with Crippen LogP contribution < -0.4 is 5.73 Å². The fourth-order valence-electron chi connectivity index (χ4n) is 2.23. The van der Waals surface area contributed by atoms with E-state index in [0.717, 1.165) is 19.5 Å². The van der Waals surface area contributed by atoms with Gasteiger partial charge in [-0.05, 0) is 19.4 Å². The Morgan fingerprint density at radius 2 is 2.25 bits per heavy atom. The zero-order valence-electron chi connectivity index (χ0n) is 9.97. The van der Waals surface area contributed by atoms with Gasteiger partial charge in [0.25, 0.3) is 0 Å². The summed E-state index contributed by atoms with van der Waals surface area (Å²) in [5.74, 6) is 0.290. The molecule has 16 heavy (non-hydrogen) atoms. The Kier molecular flexibility index (Phi) is 5.55. The molecule has 1 fully saturated rings. The molecule has 5 nitrogen and oxygen atoms in total. The van der Waals surface area contributed by atoms with Gasteiger partial charge in [-0.15, -0.1) is 0 Å². The van der Waals surface area contributed by atoms with E-state index in [1.165, 1.54) is 19.3 Å². The lowest BCUT2D eigenvalue weighted by molar-refractivity contribution is 0.118. The molecule has 0 aromatic heterocycles. The second-order valence-electron chi connectivity index (χ2n) is 4.61. The van der Waals surface area contributed by atoms with Gasteiger partial charge in [0.1, 0.15) is 5.84 Å². The highest BCUT2D eigenvalue weighted by Gasteiger charge is 2.22. The van der Waals surface area contributed by atoms with Gasteiger partial charge in [0.15, 0.2) is 0 Å². The molecule has 1 saturated heterocycles. The van der Waals surface area contributed by atoms with Crippen molar-refractivity contribution in [2.45, 2.75) is 38.6 Å². The summed E-state index contributed by atoms with van der Waals surface area (Å²) in [5.41, 5.74) is 5.57. The first-order valence-electron chi connectivity index (χ1n) is 6.01. The fraction of sp³-hybridized carbons (Fsp3) is 0.909. The number of nitrogens with zero attached hydrogens (tertiary/aromatic N) is 2. The van der Waals surface area contributed by atoms with Gasteiger partial charge in [0.05, 0.1) is 6.61 Å². The highest BCUT2D eigenvalue weighted by atomic mass is 16.4.